The van der Waals surface area contributed by atoms with Crippen molar-refractivity contribution in [3.63, 3.8) is 0 Å². The van der Waals surface area contributed by atoms with Gasteiger partial charge in [-0.1, -0.05) is 23.2 Å². The van der Waals surface area contributed by atoms with Gasteiger partial charge >= 0.3 is 0 Å². The van der Waals surface area contributed by atoms with Gasteiger partial charge in [0.05, 0.1) is 6.10 Å². The van der Waals surface area contributed by atoms with Crippen molar-refractivity contribution in [1.29, 1.82) is 0 Å². The highest BCUT2D eigenvalue weighted by Crippen LogP contribution is 2.17. The molecule has 0 aliphatic carbocycles. The third kappa shape index (κ3) is 5.19. The molecule has 1 unspecified atom stereocenters. The minimum Gasteiger partial charge on any atom is -0.491 e. The number of benzene rings is 1. The molecule has 1 rings (SSSR count). The lowest BCUT2D eigenvalue weighted by molar-refractivity contribution is 0.100. The Hall–Kier alpha value is -0.990. The maximum Gasteiger partial charge on any atom is 0.120 e. The molecule has 0 bridgehead atoms. The van der Waals surface area contributed by atoms with Gasteiger partial charge in [0, 0.05) is 5.02 Å². The number of aliphatic hydroxyl groups excluding tert-OH is 1. The number of hydrogen-bond acceptors (Lipinski definition) is 2. The number of rotatable bonds is 6. The minimum atomic E-state index is -0.462. The lowest BCUT2D eigenvalue weighted by Crippen LogP contribution is -2.17. The Bertz CT molecular complexity index is 350. The smallest absolute Gasteiger partial charge is 0.120 e. The molecule has 0 saturated carbocycles. The van der Waals surface area contributed by atoms with Crippen molar-refractivity contribution < 1.29 is 9.84 Å². The van der Waals surface area contributed by atoms with Crippen LogP contribution in [0.4, 0.5) is 0 Å². The first kappa shape index (κ1) is 13.1. The van der Waals surface area contributed by atoms with E-state index >= 15 is 0 Å². The number of aliphatic hydroxyl groups is 1. The van der Waals surface area contributed by atoms with E-state index in [2.05, 4.69) is 6.58 Å². The van der Waals surface area contributed by atoms with Gasteiger partial charge in [-0.3, -0.25) is 0 Å². The van der Waals surface area contributed by atoms with E-state index in [4.69, 9.17) is 16.3 Å². The van der Waals surface area contributed by atoms with Crippen LogP contribution in [0.3, 0.4) is 0 Å². The summed E-state index contributed by atoms with van der Waals surface area (Å²) in [5.41, 5.74) is 1.07. The summed E-state index contributed by atoms with van der Waals surface area (Å²) in [5.74, 6) is 0.682. The number of halogens is 1. The average molecular weight is 241 g/mol. The zero-order valence-electron chi connectivity index (χ0n) is 9.45. The van der Waals surface area contributed by atoms with Gasteiger partial charge in [-0.15, -0.1) is 6.58 Å². The standard InChI is InChI=1S/C13H17ClO2/c1-10(2)6-7-12(15)9-16-13-5-3-4-11(14)8-13/h3-5,8,12,15H,1,6-7,9H2,2H3. The molecule has 16 heavy (non-hydrogen) atoms. The molecular formula is C13H17ClO2. The van der Waals surface area contributed by atoms with Crippen LogP contribution >= 0.6 is 11.6 Å². The molecule has 1 aromatic carbocycles. The number of allylic oxidation sites excluding steroid dienone is 1. The van der Waals surface area contributed by atoms with Crippen LogP contribution in [0.15, 0.2) is 36.4 Å². The SMILES string of the molecule is C=C(C)CCC(O)COc1cccc(Cl)c1. The molecule has 0 fully saturated rings. The fraction of sp³-hybridized carbons (Fsp3) is 0.385. The molecule has 0 aromatic heterocycles. The Balaban J connectivity index is 2.31. The van der Waals surface area contributed by atoms with E-state index in [-0.39, 0.29) is 6.61 Å². The lowest BCUT2D eigenvalue weighted by atomic mass is 10.1. The Morgan fingerprint density at radius 2 is 2.31 bits per heavy atom. The van der Waals surface area contributed by atoms with Crippen LogP contribution in [0.1, 0.15) is 19.8 Å². The normalized spacial score (nSPS) is 12.2. The van der Waals surface area contributed by atoms with Gasteiger partial charge in [-0.2, -0.15) is 0 Å². The minimum absolute atomic E-state index is 0.285. The van der Waals surface area contributed by atoms with E-state index in [0.29, 0.717) is 17.2 Å². The van der Waals surface area contributed by atoms with Crippen molar-refractivity contribution in [2.24, 2.45) is 0 Å². The zero-order valence-corrected chi connectivity index (χ0v) is 10.2. The third-order valence-corrected chi connectivity index (χ3v) is 2.38. The van der Waals surface area contributed by atoms with E-state index < -0.39 is 6.10 Å². The summed E-state index contributed by atoms with van der Waals surface area (Å²) >= 11 is 5.81. The van der Waals surface area contributed by atoms with Crippen molar-refractivity contribution in [2.75, 3.05) is 6.61 Å². The maximum absolute atomic E-state index is 9.63. The summed E-state index contributed by atoms with van der Waals surface area (Å²) in [5, 5.41) is 10.3. The summed E-state index contributed by atoms with van der Waals surface area (Å²) in [6, 6.07) is 7.15. The highest BCUT2D eigenvalue weighted by Gasteiger charge is 2.05. The predicted octanol–water partition coefficient (Wildman–Crippen LogP) is 3.44. The van der Waals surface area contributed by atoms with Crippen molar-refractivity contribution in [1.82, 2.24) is 0 Å². The van der Waals surface area contributed by atoms with Crippen LogP contribution in [0.2, 0.25) is 5.02 Å². The molecule has 0 radical (unpaired) electrons. The predicted molar refractivity (Wildman–Crippen MR) is 67.0 cm³/mol. The highest BCUT2D eigenvalue weighted by molar-refractivity contribution is 6.30. The monoisotopic (exact) mass is 240 g/mol. The first-order valence-electron chi connectivity index (χ1n) is 5.28. The molecule has 0 heterocycles. The quantitative estimate of drug-likeness (QED) is 0.772. The molecule has 1 N–H and O–H groups in total. The van der Waals surface area contributed by atoms with Crippen molar-refractivity contribution in [2.45, 2.75) is 25.9 Å². The molecule has 0 amide bonds. The van der Waals surface area contributed by atoms with Gasteiger partial charge in [-0.25, -0.2) is 0 Å². The van der Waals surface area contributed by atoms with Crippen LogP contribution < -0.4 is 4.74 Å². The van der Waals surface area contributed by atoms with Crippen molar-refractivity contribution >= 4 is 11.6 Å². The fourth-order valence-electron chi connectivity index (χ4n) is 1.25. The molecule has 0 saturated heterocycles. The molecule has 3 heteroatoms. The van der Waals surface area contributed by atoms with Gasteiger partial charge < -0.3 is 9.84 Å². The summed E-state index contributed by atoms with van der Waals surface area (Å²) in [4.78, 5) is 0. The average Bonchev–Trinajstić information content (AvgIpc) is 2.23. The maximum atomic E-state index is 9.63. The Kier molecular flexibility index (Phi) is 5.36. The summed E-state index contributed by atoms with van der Waals surface area (Å²) in [6.45, 7) is 6.02. The summed E-state index contributed by atoms with van der Waals surface area (Å²) < 4.78 is 5.42. The van der Waals surface area contributed by atoms with Gasteiger partial charge in [0.15, 0.2) is 0 Å². The van der Waals surface area contributed by atoms with E-state index in [1.54, 1.807) is 12.1 Å². The van der Waals surface area contributed by atoms with Gasteiger partial charge in [-0.05, 0) is 38.0 Å². The third-order valence-electron chi connectivity index (χ3n) is 2.14. The van der Waals surface area contributed by atoms with Crippen LogP contribution in [0.5, 0.6) is 5.75 Å². The number of hydrogen-bond donors (Lipinski definition) is 1. The second-order valence-electron chi connectivity index (χ2n) is 3.92. The fourth-order valence-corrected chi connectivity index (χ4v) is 1.43. The highest BCUT2D eigenvalue weighted by atomic mass is 35.5. The van der Waals surface area contributed by atoms with E-state index in [9.17, 15) is 5.11 Å². The summed E-state index contributed by atoms with van der Waals surface area (Å²) in [7, 11) is 0. The molecule has 1 atom stereocenters. The van der Waals surface area contributed by atoms with E-state index in [1.807, 2.05) is 19.1 Å². The van der Waals surface area contributed by atoms with Gasteiger partial charge in [0.1, 0.15) is 12.4 Å². The molecule has 0 aliphatic rings. The zero-order chi connectivity index (χ0) is 12.0. The molecule has 1 aromatic rings. The lowest BCUT2D eigenvalue weighted by Gasteiger charge is -2.12. The Morgan fingerprint density at radius 1 is 1.56 bits per heavy atom. The van der Waals surface area contributed by atoms with Crippen molar-refractivity contribution in [3.8, 4) is 5.75 Å². The Labute approximate surface area is 102 Å². The molecule has 2 nitrogen and oxygen atoms in total. The first-order valence-corrected chi connectivity index (χ1v) is 5.66. The second kappa shape index (κ2) is 6.56. The van der Waals surface area contributed by atoms with E-state index in [0.717, 1.165) is 12.0 Å². The van der Waals surface area contributed by atoms with Crippen LogP contribution in [-0.4, -0.2) is 17.8 Å². The van der Waals surface area contributed by atoms with Gasteiger partial charge in [0.25, 0.3) is 0 Å². The van der Waals surface area contributed by atoms with Crippen LogP contribution in [-0.2, 0) is 0 Å². The van der Waals surface area contributed by atoms with Crippen LogP contribution in [0.25, 0.3) is 0 Å². The summed E-state index contributed by atoms with van der Waals surface area (Å²) in [6.07, 6.45) is 1.03. The topological polar surface area (TPSA) is 29.5 Å². The molecular weight excluding hydrogens is 224 g/mol. The van der Waals surface area contributed by atoms with Crippen molar-refractivity contribution in [3.05, 3.63) is 41.4 Å². The second-order valence-corrected chi connectivity index (χ2v) is 4.35. The molecule has 88 valence electrons. The largest absolute Gasteiger partial charge is 0.491 e. The van der Waals surface area contributed by atoms with Gasteiger partial charge in [0.2, 0.25) is 0 Å². The molecule has 0 aliphatic heterocycles. The van der Waals surface area contributed by atoms with E-state index in [1.165, 1.54) is 0 Å². The van der Waals surface area contributed by atoms with Crippen LogP contribution in [0, 0.1) is 0 Å². The molecule has 0 spiro atoms. The Morgan fingerprint density at radius 3 is 2.94 bits per heavy atom. The first-order chi connectivity index (χ1) is 7.58. The number of ether oxygens (including phenoxy) is 1.